The second-order valence-electron chi connectivity index (χ2n) is 5.22. The molecule has 1 fully saturated rings. The van der Waals surface area contributed by atoms with Crippen molar-refractivity contribution in [1.29, 1.82) is 0 Å². The van der Waals surface area contributed by atoms with Crippen molar-refractivity contribution in [2.24, 2.45) is 5.92 Å². The summed E-state index contributed by atoms with van der Waals surface area (Å²) in [6, 6.07) is 2.21. The van der Waals surface area contributed by atoms with Crippen LogP contribution in [0, 0.1) is 19.8 Å². The maximum absolute atomic E-state index is 9.74. The lowest BCUT2D eigenvalue weighted by molar-refractivity contribution is 0.0324. The van der Waals surface area contributed by atoms with Crippen molar-refractivity contribution in [3.63, 3.8) is 0 Å². The number of aliphatic hydroxyl groups is 1. The number of nitrogens with one attached hydrogen (secondary N) is 1. The molecule has 1 heterocycles. The summed E-state index contributed by atoms with van der Waals surface area (Å²) in [5.74, 6) is 0.766. The Hall–Kier alpha value is -0.420. The lowest BCUT2D eigenvalue weighted by Crippen LogP contribution is -2.30. The molecular formula is C14H23NO2S. The molecule has 102 valence electrons. The summed E-state index contributed by atoms with van der Waals surface area (Å²) in [7, 11) is 0. The van der Waals surface area contributed by atoms with Crippen LogP contribution in [0.2, 0.25) is 0 Å². The Bertz CT molecular complexity index is 354. The molecule has 2 N–H and O–H groups in total. The van der Waals surface area contributed by atoms with E-state index < -0.39 is 6.10 Å². The van der Waals surface area contributed by atoms with Gasteiger partial charge in [-0.15, -0.1) is 11.3 Å². The van der Waals surface area contributed by atoms with E-state index in [1.54, 1.807) is 0 Å². The van der Waals surface area contributed by atoms with Crippen LogP contribution in [-0.4, -0.2) is 31.0 Å². The summed E-state index contributed by atoms with van der Waals surface area (Å²) in [6.45, 7) is 6.98. The van der Waals surface area contributed by atoms with Crippen LogP contribution in [0.3, 0.4) is 0 Å². The zero-order chi connectivity index (χ0) is 13.0. The summed E-state index contributed by atoms with van der Waals surface area (Å²) in [5, 5.41) is 13.0. The summed E-state index contributed by atoms with van der Waals surface area (Å²) in [5.41, 5.74) is 1.35. The molecule has 1 saturated carbocycles. The Morgan fingerprint density at radius 3 is 2.89 bits per heavy atom. The third-order valence-corrected chi connectivity index (χ3v) is 4.41. The van der Waals surface area contributed by atoms with Gasteiger partial charge >= 0.3 is 0 Å². The van der Waals surface area contributed by atoms with Gasteiger partial charge < -0.3 is 15.2 Å². The van der Waals surface area contributed by atoms with Crippen LogP contribution in [0.15, 0.2) is 6.07 Å². The van der Waals surface area contributed by atoms with Gasteiger partial charge in [0.2, 0.25) is 0 Å². The van der Waals surface area contributed by atoms with Gasteiger partial charge in [0.05, 0.1) is 12.7 Å². The van der Waals surface area contributed by atoms with Crippen LogP contribution in [-0.2, 0) is 11.3 Å². The smallest absolute Gasteiger partial charge is 0.0897 e. The molecule has 1 aromatic rings. The van der Waals surface area contributed by atoms with Crippen molar-refractivity contribution >= 4 is 11.3 Å². The standard InChI is InChI=1S/C14H23NO2S/c1-10-5-14(18-11(10)2)7-15-6-13(16)9-17-8-12-3-4-12/h5,12-13,15-16H,3-4,6-9H2,1-2H3. The van der Waals surface area contributed by atoms with Crippen LogP contribution in [0.1, 0.15) is 28.2 Å². The lowest BCUT2D eigenvalue weighted by atomic mass is 10.3. The normalized spacial score (nSPS) is 17.1. The van der Waals surface area contributed by atoms with E-state index in [-0.39, 0.29) is 0 Å². The molecule has 1 aliphatic carbocycles. The maximum Gasteiger partial charge on any atom is 0.0897 e. The fourth-order valence-corrected chi connectivity index (χ4v) is 2.84. The van der Waals surface area contributed by atoms with Gasteiger partial charge in [-0.3, -0.25) is 0 Å². The molecule has 0 radical (unpaired) electrons. The van der Waals surface area contributed by atoms with E-state index in [4.69, 9.17) is 4.74 Å². The first-order valence-electron chi connectivity index (χ1n) is 6.67. The first kappa shape index (κ1) is 14.0. The van der Waals surface area contributed by atoms with E-state index in [1.165, 1.54) is 28.2 Å². The summed E-state index contributed by atoms with van der Waals surface area (Å²) < 4.78 is 5.46. The molecule has 1 aliphatic rings. The van der Waals surface area contributed by atoms with Crippen molar-refractivity contribution < 1.29 is 9.84 Å². The highest BCUT2D eigenvalue weighted by Gasteiger charge is 2.21. The highest BCUT2D eigenvalue weighted by molar-refractivity contribution is 7.12. The Labute approximate surface area is 113 Å². The van der Waals surface area contributed by atoms with Crippen molar-refractivity contribution in [2.45, 2.75) is 39.3 Å². The maximum atomic E-state index is 9.74. The van der Waals surface area contributed by atoms with E-state index in [9.17, 15) is 5.11 Å². The molecule has 2 rings (SSSR count). The van der Waals surface area contributed by atoms with Gasteiger partial charge in [-0.05, 0) is 44.2 Å². The minimum absolute atomic E-state index is 0.397. The highest BCUT2D eigenvalue weighted by Crippen LogP contribution is 2.28. The molecule has 1 aromatic heterocycles. The van der Waals surface area contributed by atoms with Crippen molar-refractivity contribution in [3.8, 4) is 0 Å². The van der Waals surface area contributed by atoms with Crippen molar-refractivity contribution in [2.75, 3.05) is 19.8 Å². The Balaban J connectivity index is 1.56. The first-order chi connectivity index (χ1) is 8.65. The fraction of sp³-hybridized carbons (Fsp3) is 0.714. The number of rotatable bonds is 8. The first-order valence-corrected chi connectivity index (χ1v) is 7.49. The van der Waals surface area contributed by atoms with E-state index in [0.717, 1.165) is 19.1 Å². The van der Waals surface area contributed by atoms with Crippen LogP contribution in [0.25, 0.3) is 0 Å². The van der Waals surface area contributed by atoms with E-state index in [1.807, 2.05) is 11.3 Å². The van der Waals surface area contributed by atoms with E-state index in [0.29, 0.717) is 13.2 Å². The molecule has 0 amide bonds. The van der Waals surface area contributed by atoms with Crippen LogP contribution >= 0.6 is 11.3 Å². The molecular weight excluding hydrogens is 246 g/mol. The molecule has 0 bridgehead atoms. The van der Waals surface area contributed by atoms with Crippen LogP contribution in [0.5, 0.6) is 0 Å². The monoisotopic (exact) mass is 269 g/mol. The van der Waals surface area contributed by atoms with Gasteiger partial charge in [-0.2, -0.15) is 0 Å². The van der Waals surface area contributed by atoms with Crippen molar-refractivity contribution in [3.05, 3.63) is 21.4 Å². The minimum atomic E-state index is -0.397. The Morgan fingerprint density at radius 2 is 2.28 bits per heavy atom. The zero-order valence-corrected chi connectivity index (χ0v) is 12.1. The number of hydrogen-bond donors (Lipinski definition) is 2. The van der Waals surface area contributed by atoms with Gasteiger partial charge in [0.25, 0.3) is 0 Å². The highest BCUT2D eigenvalue weighted by atomic mass is 32.1. The third kappa shape index (κ3) is 4.69. The fourth-order valence-electron chi connectivity index (χ4n) is 1.81. The Kier molecular flexibility index (Phi) is 5.18. The summed E-state index contributed by atoms with van der Waals surface area (Å²) >= 11 is 1.82. The Morgan fingerprint density at radius 1 is 1.50 bits per heavy atom. The number of aryl methyl sites for hydroxylation is 2. The predicted molar refractivity (Wildman–Crippen MR) is 75.0 cm³/mol. The summed E-state index contributed by atoms with van der Waals surface area (Å²) in [6.07, 6.45) is 2.20. The summed E-state index contributed by atoms with van der Waals surface area (Å²) in [4.78, 5) is 2.70. The van der Waals surface area contributed by atoms with Gasteiger partial charge in [0.1, 0.15) is 0 Å². The van der Waals surface area contributed by atoms with Gasteiger partial charge in [0.15, 0.2) is 0 Å². The average Bonchev–Trinajstić information content (AvgIpc) is 3.07. The number of hydrogen-bond acceptors (Lipinski definition) is 4. The average molecular weight is 269 g/mol. The van der Waals surface area contributed by atoms with Crippen LogP contribution in [0.4, 0.5) is 0 Å². The molecule has 4 heteroatoms. The number of ether oxygens (including phenoxy) is 1. The second-order valence-corrected chi connectivity index (χ2v) is 6.56. The van der Waals surface area contributed by atoms with E-state index >= 15 is 0 Å². The predicted octanol–water partition coefficient (Wildman–Crippen LogP) is 2.24. The molecule has 0 aromatic carbocycles. The minimum Gasteiger partial charge on any atom is -0.389 e. The molecule has 0 spiro atoms. The van der Waals surface area contributed by atoms with Crippen LogP contribution < -0.4 is 5.32 Å². The van der Waals surface area contributed by atoms with E-state index in [2.05, 4.69) is 25.2 Å². The molecule has 1 unspecified atom stereocenters. The molecule has 3 nitrogen and oxygen atoms in total. The molecule has 18 heavy (non-hydrogen) atoms. The van der Waals surface area contributed by atoms with Gasteiger partial charge in [0, 0.05) is 29.5 Å². The number of thiophene rings is 1. The quantitative estimate of drug-likeness (QED) is 0.760. The van der Waals surface area contributed by atoms with Crippen molar-refractivity contribution in [1.82, 2.24) is 5.32 Å². The SMILES string of the molecule is Cc1cc(CNCC(O)COCC2CC2)sc1C. The molecule has 0 saturated heterocycles. The number of aliphatic hydroxyl groups excluding tert-OH is 1. The van der Waals surface area contributed by atoms with Gasteiger partial charge in [-0.25, -0.2) is 0 Å². The topological polar surface area (TPSA) is 41.5 Å². The largest absolute Gasteiger partial charge is 0.389 e. The zero-order valence-electron chi connectivity index (χ0n) is 11.2. The third-order valence-electron chi connectivity index (χ3n) is 3.26. The lowest BCUT2D eigenvalue weighted by Gasteiger charge is -2.11. The molecule has 0 aliphatic heterocycles. The van der Waals surface area contributed by atoms with Gasteiger partial charge in [-0.1, -0.05) is 0 Å². The molecule has 1 atom stereocenters. The second kappa shape index (κ2) is 6.66.